The number of imidazole rings is 1. The van der Waals surface area contributed by atoms with Gasteiger partial charge in [0.05, 0.1) is 46.1 Å². The van der Waals surface area contributed by atoms with Crippen LogP contribution in [0, 0.1) is 5.92 Å². The first kappa shape index (κ1) is 31.0. The van der Waals surface area contributed by atoms with E-state index in [1.165, 1.54) is 46.9 Å². The van der Waals surface area contributed by atoms with E-state index in [9.17, 15) is 32.7 Å². The van der Waals surface area contributed by atoms with Crippen molar-refractivity contribution in [1.82, 2.24) is 34.4 Å². The highest BCUT2D eigenvalue weighted by Gasteiger charge is 2.40. The number of carbonyl (C=O) groups excluding carboxylic acids is 3. The van der Waals surface area contributed by atoms with Crippen LogP contribution in [0.1, 0.15) is 52.0 Å². The number of aliphatic hydroxyl groups is 1. The molecule has 3 amide bonds. The molecule has 1 aliphatic carbocycles. The number of piperidine rings is 1. The Hall–Kier alpha value is -3.95. The SMILES string of the molecule is Cn1c(-c2cn(C3CC3)nc2C(F)(F)F)cnc1C(=O)Nc1ccc(C(=O)N2CCN(C(=O)C3CNCC(O)C3)CC2)c(Cl)c1. The summed E-state index contributed by atoms with van der Waals surface area (Å²) < 4.78 is 43.8. The highest BCUT2D eigenvalue weighted by Crippen LogP contribution is 2.41. The molecule has 6 rings (SSSR count). The number of aliphatic hydroxyl groups excluding tert-OH is 1. The molecule has 0 bridgehead atoms. The summed E-state index contributed by atoms with van der Waals surface area (Å²) in [6.07, 6.45) is -0.765. The van der Waals surface area contributed by atoms with E-state index in [4.69, 9.17) is 11.6 Å². The van der Waals surface area contributed by atoms with Crippen molar-refractivity contribution >= 4 is 35.0 Å². The van der Waals surface area contributed by atoms with E-state index in [0.717, 1.165) is 12.8 Å². The van der Waals surface area contributed by atoms with Gasteiger partial charge in [-0.3, -0.25) is 19.1 Å². The van der Waals surface area contributed by atoms with Crippen molar-refractivity contribution in [2.45, 2.75) is 37.6 Å². The van der Waals surface area contributed by atoms with Crippen molar-refractivity contribution in [2.75, 3.05) is 44.6 Å². The molecule has 16 heteroatoms. The summed E-state index contributed by atoms with van der Waals surface area (Å²) >= 11 is 6.45. The molecule has 2 aliphatic heterocycles. The number of aromatic nitrogens is 4. The summed E-state index contributed by atoms with van der Waals surface area (Å²) in [5.74, 6) is -1.46. The Kier molecular flexibility index (Phi) is 8.35. The summed E-state index contributed by atoms with van der Waals surface area (Å²) in [6, 6.07) is 4.34. The van der Waals surface area contributed by atoms with Crippen molar-refractivity contribution in [1.29, 1.82) is 0 Å². The Morgan fingerprint density at radius 1 is 1.09 bits per heavy atom. The number of anilines is 1. The van der Waals surface area contributed by atoms with E-state index >= 15 is 0 Å². The molecule has 4 heterocycles. The number of β-amino-alcohol motifs (C(OH)–C–C–N with tert-alkyl or cyclic N) is 1. The molecule has 2 aromatic heterocycles. The van der Waals surface area contributed by atoms with Crippen LogP contribution in [0.15, 0.2) is 30.6 Å². The van der Waals surface area contributed by atoms with Crippen molar-refractivity contribution < 1.29 is 32.7 Å². The lowest BCUT2D eigenvalue weighted by Gasteiger charge is -2.37. The molecule has 3 fully saturated rings. The van der Waals surface area contributed by atoms with E-state index in [2.05, 4.69) is 20.7 Å². The van der Waals surface area contributed by atoms with Crippen LogP contribution in [0.4, 0.5) is 18.9 Å². The molecule has 0 spiro atoms. The molecule has 1 saturated carbocycles. The molecule has 3 N–H and O–H groups in total. The highest BCUT2D eigenvalue weighted by molar-refractivity contribution is 6.34. The minimum atomic E-state index is -4.68. The molecular weight excluding hydrogens is 617 g/mol. The normalized spacial score (nSPS) is 20.8. The lowest BCUT2D eigenvalue weighted by Crippen LogP contribution is -2.54. The van der Waals surface area contributed by atoms with Crippen LogP contribution >= 0.6 is 11.6 Å². The van der Waals surface area contributed by atoms with Gasteiger partial charge in [0.2, 0.25) is 5.91 Å². The topological polar surface area (TPSA) is 138 Å². The minimum Gasteiger partial charge on any atom is -0.392 e. The van der Waals surface area contributed by atoms with Gasteiger partial charge in [-0.15, -0.1) is 0 Å². The second kappa shape index (κ2) is 12.1. The van der Waals surface area contributed by atoms with Crippen LogP contribution in [0.3, 0.4) is 0 Å². The fourth-order valence-electron chi connectivity index (χ4n) is 5.80. The Morgan fingerprint density at radius 2 is 1.80 bits per heavy atom. The number of piperazine rings is 1. The molecule has 3 aliphatic rings. The van der Waals surface area contributed by atoms with Gasteiger partial charge in [0.25, 0.3) is 11.8 Å². The molecular formula is C29H32ClF3N8O4. The number of rotatable bonds is 6. The molecule has 2 atom stereocenters. The van der Waals surface area contributed by atoms with Crippen LogP contribution in [-0.2, 0) is 18.0 Å². The Bertz CT molecular complexity index is 1630. The predicted octanol–water partition coefficient (Wildman–Crippen LogP) is 2.80. The summed E-state index contributed by atoms with van der Waals surface area (Å²) in [4.78, 5) is 46.6. The third-order valence-corrected chi connectivity index (χ3v) is 8.71. The molecule has 2 unspecified atom stereocenters. The summed E-state index contributed by atoms with van der Waals surface area (Å²) in [5.41, 5.74) is -0.619. The van der Waals surface area contributed by atoms with Crippen LogP contribution in [0.2, 0.25) is 5.02 Å². The Balaban J connectivity index is 1.10. The third-order valence-electron chi connectivity index (χ3n) is 8.40. The van der Waals surface area contributed by atoms with Crippen molar-refractivity contribution in [2.24, 2.45) is 13.0 Å². The average Bonchev–Trinajstić information content (AvgIpc) is 3.63. The van der Waals surface area contributed by atoms with E-state index in [-0.39, 0.29) is 57.1 Å². The van der Waals surface area contributed by atoms with E-state index in [0.29, 0.717) is 45.7 Å². The van der Waals surface area contributed by atoms with Gasteiger partial charge in [-0.05, 0) is 37.5 Å². The van der Waals surface area contributed by atoms with Gasteiger partial charge >= 0.3 is 6.18 Å². The molecule has 1 aromatic carbocycles. The van der Waals surface area contributed by atoms with Gasteiger partial charge in [-0.2, -0.15) is 18.3 Å². The Labute approximate surface area is 261 Å². The monoisotopic (exact) mass is 648 g/mol. The summed E-state index contributed by atoms with van der Waals surface area (Å²) in [5, 5.41) is 19.4. The van der Waals surface area contributed by atoms with Gasteiger partial charge in [0, 0.05) is 58.2 Å². The van der Waals surface area contributed by atoms with Crippen molar-refractivity contribution in [3.63, 3.8) is 0 Å². The number of nitrogens with one attached hydrogen (secondary N) is 2. The van der Waals surface area contributed by atoms with Crippen LogP contribution in [-0.4, -0.2) is 97.3 Å². The van der Waals surface area contributed by atoms with Crippen molar-refractivity contribution in [3.8, 4) is 11.3 Å². The maximum Gasteiger partial charge on any atom is 0.435 e. The predicted molar refractivity (Wildman–Crippen MR) is 157 cm³/mol. The molecule has 12 nitrogen and oxygen atoms in total. The first-order chi connectivity index (χ1) is 21.4. The van der Waals surface area contributed by atoms with Gasteiger partial charge in [-0.25, -0.2) is 4.98 Å². The smallest absolute Gasteiger partial charge is 0.392 e. The van der Waals surface area contributed by atoms with Crippen molar-refractivity contribution in [3.05, 3.63) is 52.7 Å². The zero-order valence-electron chi connectivity index (χ0n) is 24.3. The Morgan fingerprint density at radius 3 is 2.44 bits per heavy atom. The zero-order valence-corrected chi connectivity index (χ0v) is 25.1. The second-order valence-electron chi connectivity index (χ2n) is 11.6. The fourth-order valence-corrected chi connectivity index (χ4v) is 6.07. The first-order valence-corrected chi connectivity index (χ1v) is 15.0. The average molecular weight is 649 g/mol. The highest BCUT2D eigenvalue weighted by atomic mass is 35.5. The lowest BCUT2D eigenvalue weighted by molar-refractivity contribution is -0.141. The first-order valence-electron chi connectivity index (χ1n) is 14.7. The van der Waals surface area contributed by atoms with Gasteiger partial charge in [-0.1, -0.05) is 11.6 Å². The molecule has 3 aromatic rings. The maximum absolute atomic E-state index is 13.7. The van der Waals surface area contributed by atoms with Gasteiger partial charge in [0.15, 0.2) is 11.5 Å². The van der Waals surface area contributed by atoms with Gasteiger partial charge < -0.3 is 30.1 Å². The number of halogens is 4. The zero-order chi connectivity index (χ0) is 32.0. The van der Waals surface area contributed by atoms with E-state index in [1.54, 1.807) is 9.80 Å². The van der Waals surface area contributed by atoms with E-state index < -0.39 is 23.9 Å². The fraction of sp³-hybridized carbons (Fsp3) is 0.483. The molecule has 240 valence electrons. The molecule has 0 radical (unpaired) electrons. The number of alkyl halides is 3. The third kappa shape index (κ3) is 6.42. The summed E-state index contributed by atoms with van der Waals surface area (Å²) in [7, 11) is 1.45. The number of nitrogens with zero attached hydrogens (tertiary/aromatic N) is 6. The number of hydrogen-bond donors (Lipinski definition) is 3. The second-order valence-corrected chi connectivity index (χ2v) is 12.0. The number of carbonyl (C=O) groups is 3. The maximum atomic E-state index is 13.7. The quantitative estimate of drug-likeness (QED) is 0.374. The van der Waals surface area contributed by atoms with Gasteiger partial charge in [0.1, 0.15) is 0 Å². The largest absolute Gasteiger partial charge is 0.435 e. The van der Waals surface area contributed by atoms with E-state index in [1.807, 2.05) is 0 Å². The molecule has 2 saturated heterocycles. The number of amides is 3. The standard InChI is InChI=1S/C29H32ClF3N8O4/c1-38-23(21-15-41(18-3-4-18)37-24(21)29(31,32)33)14-35-25(38)26(43)36-17-2-5-20(22(30)11-17)28(45)40-8-6-39(7-9-40)27(44)16-10-19(42)13-34-12-16/h2,5,11,14-16,18-19,34,42H,3-4,6-10,12-13H2,1H3,(H,36,43). The van der Waals surface area contributed by atoms with Crippen LogP contribution < -0.4 is 10.6 Å². The molecule has 45 heavy (non-hydrogen) atoms. The summed E-state index contributed by atoms with van der Waals surface area (Å²) in [6.45, 7) is 2.35. The number of hydrogen-bond acceptors (Lipinski definition) is 7. The lowest BCUT2D eigenvalue weighted by atomic mass is 9.96. The van der Waals surface area contributed by atoms with Crippen LogP contribution in [0.25, 0.3) is 11.3 Å². The van der Waals surface area contributed by atoms with Crippen LogP contribution in [0.5, 0.6) is 0 Å². The minimum absolute atomic E-state index is 0.0413. The number of benzene rings is 1.